The summed E-state index contributed by atoms with van der Waals surface area (Å²) >= 11 is 3.84. The third-order valence-electron chi connectivity index (χ3n) is 2.27. The number of carboxylic acids is 1. The lowest BCUT2D eigenvalue weighted by Crippen LogP contribution is -2.13. The highest BCUT2D eigenvalue weighted by Crippen LogP contribution is 2.25. The van der Waals surface area contributed by atoms with Gasteiger partial charge in [-0.05, 0) is 24.3 Å². The summed E-state index contributed by atoms with van der Waals surface area (Å²) in [7, 11) is -4.02. The number of carboxylic acid groups (broad SMARTS) is 1. The van der Waals surface area contributed by atoms with Crippen LogP contribution in [0, 0.1) is 5.82 Å². The fourth-order valence-corrected chi connectivity index (χ4v) is 3.86. The van der Waals surface area contributed by atoms with Gasteiger partial charge in [-0.15, -0.1) is 11.3 Å². The Morgan fingerprint density at radius 2 is 2.05 bits per heavy atom. The van der Waals surface area contributed by atoms with Crippen molar-refractivity contribution in [3.63, 3.8) is 0 Å². The summed E-state index contributed by atoms with van der Waals surface area (Å²) in [5, 5.41) is 9.94. The van der Waals surface area contributed by atoms with Gasteiger partial charge in [0.2, 0.25) is 0 Å². The van der Waals surface area contributed by atoms with Crippen molar-refractivity contribution in [2.45, 2.75) is 4.90 Å². The summed E-state index contributed by atoms with van der Waals surface area (Å²) in [6.45, 7) is 0. The van der Waals surface area contributed by atoms with Crippen molar-refractivity contribution < 1.29 is 22.7 Å². The lowest BCUT2D eigenvalue weighted by molar-refractivity contribution is 0.0702. The van der Waals surface area contributed by atoms with Crippen LogP contribution in [-0.2, 0) is 10.0 Å². The molecule has 5 nitrogen and oxygen atoms in total. The molecule has 9 heteroatoms. The van der Waals surface area contributed by atoms with Crippen LogP contribution in [0.4, 0.5) is 10.1 Å². The van der Waals surface area contributed by atoms with Crippen LogP contribution in [0.15, 0.2) is 39.0 Å². The van der Waals surface area contributed by atoms with Crippen LogP contribution >= 0.6 is 27.3 Å². The fraction of sp³-hybridized carbons (Fsp3) is 0. The second kappa shape index (κ2) is 5.51. The molecule has 0 aliphatic heterocycles. The van der Waals surface area contributed by atoms with Gasteiger partial charge in [0, 0.05) is 9.85 Å². The highest BCUT2D eigenvalue weighted by atomic mass is 79.9. The number of sulfonamides is 1. The minimum atomic E-state index is -4.02. The van der Waals surface area contributed by atoms with Crippen molar-refractivity contribution in [1.29, 1.82) is 0 Å². The number of anilines is 1. The van der Waals surface area contributed by atoms with Gasteiger partial charge in [-0.1, -0.05) is 15.9 Å². The maximum atomic E-state index is 13.6. The first-order chi connectivity index (χ1) is 9.29. The molecule has 0 amide bonds. The second-order valence-corrected chi connectivity index (χ2v) is 7.19. The van der Waals surface area contributed by atoms with Crippen molar-refractivity contribution in [2.24, 2.45) is 0 Å². The number of halogens is 2. The molecule has 0 aliphatic carbocycles. The van der Waals surface area contributed by atoms with Gasteiger partial charge < -0.3 is 5.11 Å². The maximum Gasteiger partial charge on any atom is 0.345 e. The largest absolute Gasteiger partial charge is 0.477 e. The molecule has 0 fully saturated rings. The van der Waals surface area contributed by atoms with E-state index in [2.05, 4.69) is 20.7 Å². The molecule has 106 valence electrons. The zero-order chi connectivity index (χ0) is 14.9. The Balaban J connectivity index is 2.33. The second-order valence-electron chi connectivity index (χ2n) is 3.68. The summed E-state index contributed by atoms with van der Waals surface area (Å²) in [6, 6.07) is 4.89. The summed E-state index contributed by atoms with van der Waals surface area (Å²) in [6.07, 6.45) is 0. The first-order valence-corrected chi connectivity index (χ1v) is 8.25. The standard InChI is InChI=1S/C11H7BrFNO4S2/c12-6-1-2-9(8(13)3-6)14-20(17,18)7-4-10(11(15)16)19-5-7/h1-5,14H,(H,15,16). The molecule has 0 bridgehead atoms. The van der Waals surface area contributed by atoms with Crippen LogP contribution in [0.3, 0.4) is 0 Å². The summed E-state index contributed by atoms with van der Waals surface area (Å²) in [5.74, 6) is -1.96. The van der Waals surface area contributed by atoms with Crippen molar-refractivity contribution in [2.75, 3.05) is 4.72 Å². The Morgan fingerprint density at radius 3 is 2.60 bits per heavy atom. The van der Waals surface area contributed by atoms with Gasteiger partial charge in [-0.25, -0.2) is 17.6 Å². The quantitative estimate of drug-likeness (QED) is 0.854. The van der Waals surface area contributed by atoms with Crippen LogP contribution in [-0.4, -0.2) is 19.5 Å². The smallest absolute Gasteiger partial charge is 0.345 e. The molecule has 20 heavy (non-hydrogen) atoms. The molecular formula is C11H7BrFNO4S2. The highest BCUT2D eigenvalue weighted by Gasteiger charge is 2.20. The Hall–Kier alpha value is -1.45. The van der Waals surface area contributed by atoms with Crippen LogP contribution < -0.4 is 4.72 Å². The van der Waals surface area contributed by atoms with E-state index in [4.69, 9.17) is 5.11 Å². The molecule has 1 heterocycles. The van der Waals surface area contributed by atoms with Gasteiger partial charge in [0.25, 0.3) is 10.0 Å². The number of benzene rings is 1. The lowest BCUT2D eigenvalue weighted by Gasteiger charge is -2.07. The van der Waals surface area contributed by atoms with E-state index in [1.165, 1.54) is 17.5 Å². The van der Waals surface area contributed by atoms with Crippen LogP contribution in [0.2, 0.25) is 0 Å². The first-order valence-electron chi connectivity index (χ1n) is 5.09. The average Bonchev–Trinajstić information content (AvgIpc) is 2.83. The van der Waals surface area contributed by atoms with Gasteiger partial charge in [-0.3, -0.25) is 4.72 Å². The molecule has 1 aromatic heterocycles. The van der Waals surface area contributed by atoms with Crippen molar-refractivity contribution >= 4 is 48.9 Å². The number of aromatic carboxylic acids is 1. The highest BCUT2D eigenvalue weighted by molar-refractivity contribution is 9.10. The van der Waals surface area contributed by atoms with Gasteiger partial charge in [-0.2, -0.15) is 0 Å². The predicted molar refractivity (Wildman–Crippen MR) is 76.2 cm³/mol. The molecule has 0 spiro atoms. The number of thiophene rings is 1. The SMILES string of the molecule is O=C(O)c1cc(S(=O)(=O)Nc2ccc(Br)cc2F)cs1. The number of hydrogen-bond acceptors (Lipinski definition) is 4. The Kier molecular flexibility index (Phi) is 4.11. The number of carbonyl (C=O) groups is 1. The summed E-state index contributed by atoms with van der Waals surface area (Å²) < 4.78 is 40.1. The monoisotopic (exact) mass is 379 g/mol. The zero-order valence-corrected chi connectivity index (χ0v) is 12.9. The van der Waals surface area contributed by atoms with E-state index < -0.39 is 21.8 Å². The van der Waals surface area contributed by atoms with Crippen LogP contribution in [0.5, 0.6) is 0 Å². The number of hydrogen-bond donors (Lipinski definition) is 2. The Morgan fingerprint density at radius 1 is 1.35 bits per heavy atom. The predicted octanol–water partition coefficient (Wildman–Crippen LogP) is 3.15. The van der Waals surface area contributed by atoms with E-state index in [0.717, 1.165) is 23.5 Å². The van der Waals surface area contributed by atoms with Gasteiger partial charge >= 0.3 is 5.97 Å². The summed E-state index contributed by atoms with van der Waals surface area (Å²) in [5.41, 5.74) is -0.212. The van der Waals surface area contributed by atoms with Crippen molar-refractivity contribution in [3.8, 4) is 0 Å². The average molecular weight is 380 g/mol. The number of nitrogens with one attached hydrogen (secondary N) is 1. The third kappa shape index (κ3) is 3.17. The topological polar surface area (TPSA) is 83.5 Å². The molecular weight excluding hydrogens is 373 g/mol. The summed E-state index contributed by atoms with van der Waals surface area (Å²) in [4.78, 5) is 10.4. The van der Waals surface area contributed by atoms with Crippen LogP contribution in [0.1, 0.15) is 9.67 Å². The first kappa shape index (κ1) is 14.9. The van der Waals surface area contributed by atoms with Gasteiger partial charge in [0.1, 0.15) is 10.7 Å². The normalized spacial score (nSPS) is 11.3. The molecule has 2 rings (SSSR count). The van der Waals surface area contributed by atoms with E-state index in [-0.39, 0.29) is 15.5 Å². The Bertz CT molecular complexity index is 772. The maximum absolute atomic E-state index is 13.6. The molecule has 0 aliphatic rings. The third-order valence-corrected chi connectivity index (χ3v) is 5.18. The molecule has 0 radical (unpaired) electrons. The molecule has 2 N–H and O–H groups in total. The zero-order valence-electron chi connectivity index (χ0n) is 9.63. The van der Waals surface area contributed by atoms with Crippen molar-refractivity contribution in [1.82, 2.24) is 0 Å². The molecule has 0 saturated carbocycles. The molecule has 0 atom stereocenters. The molecule has 0 saturated heterocycles. The fourth-order valence-electron chi connectivity index (χ4n) is 1.35. The van der Waals surface area contributed by atoms with Gasteiger partial charge in [0.05, 0.1) is 10.6 Å². The minimum Gasteiger partial charge on any atom is -0.477 e. The van der Waals surface area contributed by atoms with Crippen molar-refractivity contribution in [3.05, 3.63) is 44.8 Å². The number of rotatable bonds is 4. The van der Waals surface area contributed by atoms with Crippen LogP contribution in [0.25, 0.3) is 0 Å². The van der Waals surface area contributed by atoms with E-state index in [9.17, 15) is 17.6 Å². The minimum absolute atomic E-state index is 0.110. The molecule has 0 unspecified atom stereocenters. The van der Waals surface area contributed by atoms with E-state index >= 15 is 0 Å². The van der Waals surface area contributed by atoms with Gasteiger partial charge in [0.15, 0.2) is 0 Å². The Labute approximate surface area is 126 Å². The van der Waals surface area contributed by atoms with E-state index in [1.807, 2.05) is 0 Å². The lowest BCUT2D eigenvalue weighted by atomic mass is 10.3. The van der Waals surface area contributed by atoms with E-state index in [0.29, 0.717) is 4.47 Å². The molecule has 2 aromatic rings. The van der Waals surface area contributed by atoms with E-state index in [1.54, 1.807) is 0 Å². The molecule has 1 aromatic carbocycles.